The Morgan fingerprint density at radius 1 is 1.38 bits per heavy atom. The number of nitrogens with one attached hydrogen (secondary N) is 1. The molecule has 0 aliphatic heterocycles. The van der Waals surface area contributed by atoms with Crippen LogP contribution >= 0.6 is 0 Å². The van der Waals surface area contributed by atoms with Crippen molar-refractivity contribution in [2.45, 2.75) is 6.54 Å². The number of halogens is 2. The standard InChI is InChI=1S/C10H10F2N4/c1-13-5-7-6-16(15-14-7)9-4-2-3-8(11)10(9)12/h2-4,6,13H,5H2,1H3. The molecule has 0 amide bonds. The van der Waals surface area contributed by atoms with Gasteiger partial charge in [0.25, 0.3) is 0 Å². The normalized spacial score (nSPS) is 10.7. The zero-order chi connectivity index (χ0) is 11.5. The van der Waals surface area contributed by atoms with Gasteiger partial charge in [-0.1, -0.05) is 11.3 Å². The summed E-state index contributed by atoms with van der Waals surface area (Å²) in [5.41, 5.74) is 0.709. The largest absolute Gasteiger partial charge is 0.314 e. The summed E-state index contributed by atoms with van der Waals surface area (Å²) in [6, 6.07) is 3.92. The van der Waals surface area contributed by atoms with Crippen molar-refractivity contribution < 1.29 is 8.78 Å². The molecular formula is C10H10F2N4. The molecule has 2 rings (SSSR count). The molecular weight excluding hydrogens is 214 g/mol. The maximum absolute atomic E-state index is 13.4. The number of rotatable bonds is 3. The Labute approximate surface area is 90.9 Å². The SMILES string of the molecule is CNCc1cn(-c2cccc(F)c2F)nn1. The van der Waals surface area contributed by atoms with Crippen LogP contribution in [-0.2, 0) is 6.54 Å². The zero-order valence-electron chi connectivity index (χ0n) is 8.61. The van der Waals surface area contributed by atoms with Crippen LogP contribution in [0.25, 0.3) is 5.69 Å². The van der Waals surface area contributed by atoms with Crippen molar-refractivity contribution in [2.24, 2.45) is 0 Å². The van der Waals surface area contributed by atoms with Crippen LogP contribution in [0.5, 0.6) is 0 Å². The molecule has 1 aromatic carbocycles. The lowest BCUT2D eigenvalue weighted by molar-refractivity contribution is 0.500. The van der Waals surface area contributed by atoms with Gasteiger partial charge in [0, 0.05) is 6.54 Å². The minimum atomic E-state index is -0.927. The molecule has 2 aromatic rings. The Kier molecular flexibility index (Phi) is 2.91. The molecule has 0 saturated carbocycles. The van der Waals surface area contributed by atoms with Gasteiger partial charge < -0.3 is 5.32 Å². The molecule has 0 bridgehead atoms. The number of hydrogen-bond acceptors (Lipinski definition) is 3. The van der Waals surface area contributed by atoms with Gasteiger partial charge in [0.1, 0.15) is 5.69 Å². The molecule has 1 N–H and O–H groups in total. The van der Waals surface area contributed by atoms with Crippen LogP contribution in [0.4, 0.5) is 8.78 Å². The van der Waals surface area contributed by atoms with E-state index in [9.17, 15) is 8.78 Å². The van der Waals surface area contributed by atoms with Crippen LogP contribution in [-0.4, -0.2) is 22.0 Å². The molecule has 0 unspecified atom stereocenters. The van der Waals surface area contributed by atoms with Gasteiger partial charge in [-0.15, -0.1) is 5.10 Å². The Balaban J connectivity index is 2.39. The highest BCUT2D eigenvalue weighted by Gasteiger charge is 2.10. The zero-order valence-corrected chi connectivity index (χ0v) is 8.61. The number of aromatic nitrogens is 3. The lowest BCUT2D eigenvalue weighted by Crippen LogP contribution is -2.05. The number of hydrogen-bond donors (Lipinski definition) is 1. The summed E-state index contributed by atoms with van der Waals surface area (Å²) in [5, 5.41) is 10.4. The minimum Gasteiger partial charge on any atom is -0.314 e. The first-order valence-electron chi connectivity index (χ1n) is 4.72. The summed E-state index contributed by atoms with van der Waals surface area (Å²) in [7, 11) is 1.77. The van der Waals surface area contributed by atoms with Crippen molar-refractivity contribution >= 4 is 0 Å². The van der Waals surface area contributed by atoms with Crippen molar-refractivity contribution in [3.05, 3.63) is 41.7 Å². The van der Waals surface area contributed by atoms with E-state index in [-0.39, 0.29) is 5.69 Å². The van der Waals surface area contributed by atoms with Crippen LogP contribution in [0, 0.1) is 11.6 Å². The average molecular weight is 224 g/mol. The Hall–Kier alpha value is -1.82. The summed E-state index contributed by atoms with van der Waals surface area (Å²) in [6.45, 7) is 0.525. The van der Waals surface area contributed by atoms with Gasteiger partial charge in [0.05, 0.1) is 11.9 Å². The van der Waals surface area contributed by atoms with Crippen molar-refractivity contribution in [3.63, 3.8) is 0 Å². The molecule has 0 saturated heterocycles. The second-order valence-electron chi connectivity index (χ2n) is 3.26. The summed E-state index contributed by atoms with van der Waals surface area (Å²) in [6.07, 6.45) is 1.55. The van der Waals surface area contributed by atoms with Gasteiger partial charge >= 0.3 is 0 Å². The lowest BCUT2D eigenvalue weighted by atomic mass is 10.3. The van der Waals surface area contributed by atoms with Crippen LogP contribution in [0.15, 0.2) is 24.4 Å². The molecule has 1 heterocycles. The van der Waals surface area contributed by atoms with Gasteiger partial charge in [-0.05, 0) is 19.2 Å². The molecule has 0 atom stereocenters. The Bertz CT molecular complexity index is 495. The maximum Gasteiger partial charge on any atom is 0.184 e. The van der Waals surface area contributed by atoms with Crippen molar-refractivity contribution in [3.8, 4) is 5.69 Å². The van der Waals surface area contributed by atoms with Gasteiger partial charge in [-0.3, -0.25) is 0 Å². The van der Waals surface area contributed by atoms with Gasteiger partial charge in [-0.25, -0.2) is 13.5 Å². The summed E-state index contributed by atoms with van der Waals surface area (Å²) >= 11 is 0. The van der Waals surface area contributed by atoms with Gasteiger partial charge in [-0.2, -0.15) is 0 Å². The van der Waals surface area contributed by atoms with Crippen LogP contribution < -0.4 is 5.32 Å². The lowest BCUT2D eigenvalue weighted by Gasteiger charge is -2.01. The Morgan fingerprint density at radius 2 is 2.19 bits per heavy atom. The fraction of sp³-hybridized carbons (Fsp3) is 0.200. The molecule has 1 aromatic heterocycles. The van der Waals surface area contributed by atoms with Gasteiger partial charge in [0.15, 0.2) is 11.6 Å². The van der Waals surface area contributed by atoms with E-state index in [4.69, 9.17) is 0 Å². The Morgan fingerprint density at radius 3 is 2.94 bits per heavy atom. The van der Waals surface area contributed by atoms with E-state index in [2.05, 4.69) is 15.6 Å². The molecule has 0 aliphatic rings. The molecule has 0 fully saturated rings. The monoisotopic (exact) mass is 224 g/mol. The topological polar surface area (TPSA) is 42.7 Å². The van der Waals surface area contributed by atoms with Gasteiger partial charge in [0.2, 0.25) is 0 Å². The van der Waals surface area contributed by atoms with E-state index in [1.807, 2.05) is 0 Å². The van der Waals surface area contributed by atoms with E-state index in [0.717, 1.165) is 6.07 Å². The highest BCUT2D eigenvalue weighted by molar-refractivity contribution is 5.33. The molecule has 0 radical (unpaired) electrons. The quantitative estimate of drug-likeness (QED) is 0.853. The van der Waals surface area contributed by atoms with E-state index in [0.29, 0.717) is 12.2 Å². The molecule has 6 heteroatoms. The molecule has 16 heavy (non-hydrogen) atoms. The van der Waals surface area contributed by atoms with Crippen LogP contribution in [0.2, 0.25) is 0 Å². The van der Waals surface area contributed by atoms with Crippen LogP contribution in [0.1, 0.15) is 5.69 Å². The highest BCUT2D eigenvalue weighted by atomic mass is 19.2. The van der Waals surface area contributed by atoms with E-state index in [1.54, 1.807) is 13.2 Å². The predicted octanol–water partition coefficient (Wildman–Crippen LogP) is 1.26. The highest BCUT2D eigenvalue weighted by Crippen LogP contribution is 2.15. The average Bonchev–Trinajstić information content (AvgIpc) is 2.71. The predicted molar refractivity (Wildman–Crippen MR) is 54.0 cm³/mol. The second-order valence-corrected chi connectivity index (χ2v) is 3.26. The first kappa shape index (κ1) is 10.7. The third-order valence-corrected chi connectivity index (χ3v) is 2.08. The summed E-state index contributed by atoms with van der Waals surface area (Å²) in [4.78, 5) is 0. The van der Waals surface area contributed by atoms with Crippen molar-refractivity contribution in [1.29, 1.82) is 0 Å². The third-order valence-electron chi connectivity index (χ3n) is 2.08. The van der Waals surface area contributed by atoms with Crippen LogP contribution in [0.3, 0.4) is 0 Å². The molecule has 0 aliphatic carbocycles. The second kappa shape index (κ2) is 4.36. The first-order chi connectivity index (χ1) is 7.72. The number of nitrogens with zero attached hydrogens (tertiary/aromatic N) is 3. The van der Waals surface area contributed by atoms with E-state index >= 15 is 0 Å². The fourth-order valence-electron chi connectivity index (χ4n) is 1.35. The first-order valence-corrected chi connectivity index (χ1v) is 4.72. The maximum atomic E-state index is 13.4. The van der Waals surface area contributed by atoms with Crippen molar-refractivity contribution in [1.82, 2.24) is 20.3 Å². The van der Waals surface area contributed by atoms with Crippen molar-refractivity contribution in [2.75, 3.05) is 7.05 Å². The number of benzene rings is 1. The summed E-state index contributed by atoms with van der Waals surface area (Å²) < 4.78 is 27.6. The fourth-order valence-corrected chi connectivity index (χ4v) is 1.35. The minimum absolute atomic E-state index is 0.0508. The summed E-state index contributed by atoms with van der Waals surface area (Å²) in [5.74, 6) is -1.83. The molecule has 4 nitrogen and oxygen atoms in total. The van der Waals surface area contributed by atoms with E-state index in [1.165, 1.54) is 16.8 Å². The third kappa shape index (κ3) is 1.92. The van der Waals surface area contributed by atoms with E-state index < -0.39 is 11.6 Å². The molecule has 0 spiro atoms. The smallest absolute Gasteiger partial charge is 0.184 e. The molecule has 84 valence electrons.